The fourth-order valence-corrected chi connectivity index (χ4v) is 2.55. The topological polar surface area (TPSA) is 76.0 Å². The van der Waals surface area contributed by atoms with Gasteiger partial charge in [-0.3, -0.25) is 14.3 Å². The fourth-order valence-electron chi connectivity index (χ4n) is 2.55. The molecule has 0 unspecified atom stereocenters. The number of anilines is 1. The number of rotatable bonds is 5. The summed E-state index contributed by atoms with van der Waals surface area (Å²) in [6.45, 7) is 2.49. The van der Waals surface area contributed by atoms with Gasteiger partial charge in [-0.05, 0) is 36.2 Å². The van der Waals surface area contributed by atoms with Crippen LogP contribution in [0.2, 0.25) is 0 Å². The minimum atomic E-state index is -0.687. The van der Waals surface area contributed by atoms with Crippen molar-refractivity contribution < 1.29 is 9.59 Å². The smallest absolute Gasteiger partial charge is 0.313 e. The molecule has 0 aliphatic carbocycles. The van der Waals surface area contributed by atoms with Crippen molar-refractivity contribution in [2.45, 2.75) is 19.5 Å². The summed E-state index contributed by atoms with van der Waals surface area (Å²) in [5.74, 6) is -1.35. The van der Waals surface area contributed by atoms with Gasteiger partial charge < -0.3 is 10.6 Å². The molecule has 2 aromatic carbocycles. The number of carbonyl (C=O) groups excluding carboxylic acids is 2. The number of hydrogen-bond donors (Lipinski definition) is 2. The lowest BCUT2D eigenvalue weighted by atomic mass is 10.1. The number of amides is 2. The number of hydrogen-bond acceptors (Lipinski definition) is 3. The molecule has 0 aliphatic heterocycles. The number of nitrogens with zero attached hydrogens (tertiary/aromatic N) is 2. The van der Waals surface area contributed by atoms with Crippen molar-refractivity contribution in [1.82, 2.24) is 15.1 Å². The largest absolute Gasteiger partial charge is 0.341 e. The van der Waals surface area contributed by atoms with Crippen molar-refractivity contribution in [2.24, 2.45) is 0 Å². The molecule has 6 heteroatoms. The molecule has 132 valence electrons. The molecule has 2 N–H and O–H groups in total. The predicted octanol–water partition coefficient (Wildman–Crippen LogP) is 2.75. The first-order valence-corrected chi connectivity index (χ1v) is 8.35. The summed E-state index contributed by atoms with van der Waals surface area (Å²) in [5.41, 5.74) is 2.56. The van der Waals surface area contributed by atoms with Gasteiger partial charge >= 0.3 is 11.8 Å². The van der Waals surface area contributed by atoms with Crippen LogP contribution in [0.1, 0.15) is 24.1 Å². The van der Waals surface area contributed by atoms with Crippen LogP contribution in [0.15, 0.2) is 73.1 Å². The summed E-state index contributed by atoms with van der Waals surface area (Å²) in [7, 11) is 0. The van der Waals surface area contributed by atoms with E-state index in [0.29, 0.717) is 12.2 Å². The zero-order valence-electron chi connectivity index (χ0n) is 14.4. The van der Waals surface area contributed by atoms with Crippen LogP contribution in [0, 0.1) is 0 Å². The molecule has 1 aromatic heterocycles. The molecule has 0 fully saturated rings. The van der Waals surface area contributed by atoms with Gasteiger partial charge in [0.25, 0.3) is 0 Å². The van der Waals surface area contributed by atoms with Gasteiger partial charge in [-0.15, -0.1) is 0 Å². The lowest BCUT2D eigenvalue weighted by Gasteiger charge is -2.14. The SMILES string of the molecule is C[C@@H](NC(=O)C(=O)Nc1ccc(Cn2cccn2)cc1)c1ccccc1. The second kappa shape index (κ2) is 8.11. The Bertz CT molecular complexity index is 859. The molecule has 1 heterocycles. The van der Waals surface area contributed by atoms with Crippen molar-refractivity contribution in [3.05, 3.63) is 84.2 Å². The lowest BCUT2D eigenvalue weighted by molar-refractivity contribution is -0.136. The Balaban J connectivity index is 1.54. The lowest BCUT2D eigenvalue weighted by Crippen LogP contribution is -2.36. The zero-order valence-corrected chi connectivity index (χ0v) is 14.4. The summed E-state index contributed by atoms with van der Waals surface area (Å²) in [6.07, 6.45) is 3.61. The first-order valence-electron chi connectivity index (χ1n) is 8.35. The van der Waals surface area contributed by atoms with Gasteiger partial charge in [0, 0.05) is 18.1 Å². The third-order valence-corrected chi connectivity index (χ3v) is 3.97. The second-order valence-electron chi connectivity index (χ2n) is 5.96. The second-order valence-corrected chi connectivity index (χ2v) is 5.96. The van der Waals surface area contributed by atoms with E-state index in [0.717, 1.165) is 11.1 Å². The molecular weight excluding hydrogens is 328 g/mol. The van der Waals surface area contributed by atoms with E-state index in [1.54, 1.807) is 18.3 Å². The molecule has 0 saturated heterocycles. The average Bonchev–Trinajstić information content (AvgIpc) is 3.17. The maximum atomic E-state index is 12.1. The first kappa shape index (κ1) is 17.4. The monoisotopic (exact) mass is 348 g/mol. The van der Waals surface area contributed by atoms with Crippen LogP contribution >= 0.6 is 0 Å². The molecule has 0 radical (unpaired) electrons. The first-order chi connectivity index (χ1) is 12.6. The Kier molecular flexibility index (Phi) is 5.43. The molecule has 3 rings (SSSR count). The molecule has 0 bridgehead atoms. The van der Waals surface area contributed by atoms with Crippen LogP contribution in [-0.4, -0.2) is 21.6 Å². The van der Waals surface area contributed by atoms with E-state index < -0.39 is 11.8 Å². The summed E-state index contributed by atoms with van der Waals surface area (Å²) < 4.78 is 1.81. The van der Waals surface area contributed by atoms with Gasteiger partial charge in [0.15, 0.2) is 0 Å². The van der Waals surface area contributed by atoms with Crippen LogP contribution < -0.4 is 10.6 Å². The zero-order chi connectivity index (χ0) is 18.4. The van der Waals surface area contributed by atoms with Crippen molar-refractivity contribution in [3.8, 4) is 0 Å². The highest BCUT2D eigenvalue weighted by atomic mass is 16.2. The molecule has 3 aromatic rings. The fraction of sp³-hybridized carbons (Fsp3) is 0.150. The van der Waals surface area contributed by atoms with Crippen LogP contribution in [0.3, 0.4) is 0 Å². The Hall–Kier alpha value is -3.41. The van der Waals surface area contributed by atoms with Crippen LogP contribution in [0.4, 0.5) is 5.69 Å². The van der Waals surface area contributed by atoms with Gasteiger partial charge in [0.2, 0.25) is 0 Å². The average molecular weight is 348 g/mol. The van der Waals surface area contributed by atoms with E-state index in [2.05, 4.69) is 15.7 Å². The normalized spacial score (nSPS) is 11.6. The predicted molar refractivity (Wildman–Crippen MR) is 99.4 cm³/mol. The molecular formula is C20H20N4O2. The number of carbonyl (C=O) groups is 2. The molecule has 2 amide bonds. The third-order valence-electron chi connectivity index (χ3n) is 3.97. The molecule has 0 saturated carbocycles. The maximum Gasteiger partial charge on any atom is 0.313 e. The Morgan fingerprint density at radius 2 is 1.73 bits per heavy atom. The third kappa shape index (κ3) is 4.57. The Labute approximate surface area is 151 Å². The highest BCUT2D eigenvalue weighted by molar-refractivity contribution is 6.39. The maximum absolute atomic E-state index is 12.1. The van der Waals surface area contributed by atoms with Crippen molar-refractivity contribution in [1.29, 1.82) is 0 Å². The van der Waals surface area contributed by atoms with E-state index in [1.807, 2.05) is 66.3 Å². The molecule has 6 nitrogen and oxygen atoms in total. The number of aromatic nitrogens is 2. The van der Waals surface area contributed by atoms with Crippen LogP contribution in [-0.2, 0) is 16.1 Å². The number of benzene rings is 2. The molecule has 0 aliphatic rings. The summed E-state index contributed by atoms with van der Waals surface area (Å²) in [6, 6.07) is 18.4. The van der Waals surface area contributed by atoms with E-state index in [1.165, 1.54) is 0 Å². The van der Waals surface area contributed by atoms with Crippen molar-refractivity contribution in [2.75, 3.05) is 5.32 Å². The minimum absolute atomic E-state index is 0.245. The molecule has 0 spiro atoms. The van der Waals surface area contributed by atoms with E-state index in [-0.39, 0.29) is 6.04 Å². The Morgan fingerprint density at radius 1 is 1.00 bits per heavy atom. The van der Waals surface area contributed by atoms with Gasteiger partial charge in [-0.2, -0.15) is 5.10 Å². The van der Waals surface area contributed by atoms with E-state index in [9.17, 15) is 9.59 Å². The minimum Gasteiger partial charge on any atom is -0.341 e. The highest BCUT2D eigenvalue weighted by Gasteiger charge is 2.17. The molecule has 1 atom stereocenters. The number of nitrogens with one attached hydrogen (secondary N) is 2. The summed E-state index contributed by atoms with van der Waals surface area (Å²) in [5, 5.41) is 9.46. The molecule has 26 heavy (non-hydrogen) atoms. The Morgan fingerprint density at radius 3 is 2.38 bits per heavy atom. The van der Waals surface area contributed by atoms with Crippen LogP contribution in [0.25, 0.3) is 0 Å². The van der Waals surface area contributed by atoms with Crippen molar-refractivity contribution >= 4 is 17.5 Å². The van der Waals surface area contributed by atoms with Gasteiger partial charge in [-0.25, -0.2) is 0 Å². The van der Waals surface area contributed by atoms with Gasteiger partial charge in [0.05, 0.1) is 12.6 Å². The standard InChI is InChI=1S/C20H20N4O2/c1-15(17-6-3-2-4-7-17)22-19(25)20(26)23-18-10-8-16(9-11-18)14-24-13-5-12-21-24/h2-13,15H,14H2,1H3,(H,22,25)(H,23,26)/t15-/m1/s1. The summed E-state index contributed by atoms with van der Waals surface area (Å²) >= 11 is 0. The quantitative estimate of drug-likeness (QED) is 0.696. The summed E-state index contributed by atoms with van der Waals surface area (Å²) in [4.78, 5) is 24.2. The van der Waals surface area contributed by atoms with Gasteiger partial charge in [0.1, 0.15) is 0 Å². The van der Waals surface area contributed by atoms with E-state index >= 15 is 0 Å². The van der Waals surface area contributed by atoms with Crippen molar-refractivity contribution in [3.63, 3.8) is 0 Å². The van der Waals surface area contributed by atoms with E-state index in [4.69, 9.17) is 0 Å². The van der Waals surface area contributed by atoms with Crippen LogP contribution in [0.5, 0.6) is 0 Å². The van der Waals surface area contributed by atoms with Gasteiger partial charge in [-0.1, -0.05) is 42.5 Å². The highest BCUT2D eigenvalue weighted by Crippen LogP contribution is 2.12.